The minimum Gasteiger partial charge on any atom is -0.481 e. The number of hydrogen-bond donors (Lipinski definition) is 1. The normalized spacial score (nSPS) is 29.7. The first kappa shape index (κ1) is 16.1. The topological polar surface area (TPSA) is 70.1 Å². The molecule has 2 amide bonds. The molecule has 0 aliphatic carbocycles. The molecule has 2 atom stereocenters. The van der Waals surface area contributed by atoms with E-state index in [9.17, 15) is 14.7 Å². The Kier molecular flexibility index (Phi) is 5.08. The van der Waals surface area contributed by atoms with E-state index in [0.717, 1.165) is 12.8 Å². The van der Waals surface area contributed by atoms with Crippen LogP contribution in [0, 0.1) is 5.41 Å². The summed E-state index contributed by atoms with van der Waals surface area (Å²) in [6.45, 7) is 6.69. The van der Waals surface area contributed by atoms with Crippen LogP contribution in [0.4, 0.5) is 4.79 Å². The number of carboxylic acids is 1. The highest BCUT2D eigenvalue weighted by molar-refractivity contribution is 5.80. The van der Waals surface area contributed by atoms with Crippen LogP contribution in [-0.4, -0.2) is 65.8 Å². The summed E-state index contributed by atoms with van der Waals surface area (Å²) in [5.74, 6) is -0.770. The number of carbonyl (C=O) groups is 2. The van der Waals surface area contributed by atoms with Gasteiger partial charge in [0.25, 0.3) is 0 Å². The quantitative estimate of drug-likeness (QED) is 0.859. The number of ether oxygens (including phenoxy) is 1. The van der Waals surface area contributed by atoms with Gasteiger partial charge < -0.3 is 19.6 Å². The van der Waals surface area contributed by atoms with Gasteiger partial charge in [-0.25, -0.2) is 4.79 Å². The first-order chi connectivity index (χ1) is 10.0. The van der Waals surface area contributed by atoms with Gasteiger partial charge in [0.1, 0.15) is 0 Å². The van der Waals surface area contributed by atoms with Crippen LogP contribution < -0.4 is 0 Å². The molecule has 120 valence electrons. The fourth-order valence-corrected chi connectivity index (χ4v) is 3.34. The predicted octanol–water partition coefficient (Wildman–Crippen LogP) is 1.79. The summed E-state index contributed by atoms with van der Waals surface area (Å²) in [5, 5.41) is 9.51. The molecule has 2 saturated heterocycles. The van der Waals surface area contributed by atoms with Crippen LogP contribution in [0.15, 0.2) is 0 Å². The van der Waals surface area contributed by atoms with Gasteiger partial charge in [0.2, 0.25) is 0 Å². The molecular formula is C15H26N2O4. The Bertz CT molecular complexity index is 401. The van der Waals surface area contributed by atoms with Crippen molar-refractivity contribution < 1.29 is 19.4 Å². The first-order valence-corrected chi connectivity index (χ1v) is 7.91. The largest absolute Gasteiger partial charge is 0.481 e. The Morgan fingerprint density at radius 1 is 1.29 bits per heavy atom. The summed E-state index contributed by atoms with van der Waals surface area (Å²) < 4.78 is 5.58. The van der Waals surface area contributed by atoms with Crippen molar-refractivity contribution in [2.24, 2.45) is 5.41 Å². The van der Waals surface area contributed by atoms with Gasteiger partial charge in [-0.1, -0.05) is 20.3 Å². The molecule has 6 heteroatoms. The number of carboxylic acid groups (broad SMARTS) is 1. The van der Waals surface area contributed by atoms with E-state index in [1.807, 2.05) is 18.7 Å². The van der Waals surface area contributed by atoms with Crippen LogP contribution in [0.3, 0.4) is 0 Å². The van der Waals surface area contributed by atoms with Crippen LogP contribution in [0.2, 0.25) is 0 Å². The maximum atomic E-state index is 12.6. The van der Waals surface area contributed by atoms with E-state index >= 15 is 0 Å². The average molecular weight is 298 g/mol. The summed E-state index contributed by atoms with van der Waals surface area (Å²) in [6, 6.07) is -0.0315. The average Bonchev–Trinajstić information content (AvgIpc) is 2.92. The van der Waals surface area contributed by atoms with Gasteiger partial charge in [0.15, 0.2) is 0 Å². The molecule has 2 unspecified atom stereocenters. The summed E-state index contributed by atoms with van der Waals surface area (Å²) in [4.78, 5) is 27.7. The van der Waals surface area contributed by atoms with Crippen molar-refractivity contribution in [3.8, 4) is 0 Å². The molecule has 0 radical (unpaired) electrons. The third kappa shape index (κ3) is 3.31. The monoisotopic (exact) mass is 298 g/mol. The number of aliphatic carboxylic acids is 1. The highest BCUT2D eigenvalue weighted by atomic mass is 16.5. The van der Waals surface area contributed by atoms with Gasteiger partial charge in [-0.15, -0.1) is 0 Å². The molecule has 2 aliphatic rings. The molecule has 2 heterocycles. The van der Waals surface area contributed by atoms with Crippen molar-refractivity contribution >= 4 is 12.0 Å². The zero-order chi connectivity index (χ0) is 15.5. The minimum atomic E-state index is -0.770. The Balaban J connectivity index is 1.99. The number of rotatable bonds is 4. The van der Waals surface area contributed by atoms with Gasteiger partial charge in [-0.2, -0.15) is 0 Å². The zero-order valence-electron chi connectivity index (χ0n) is 13.0. The third-order valence-corrected chi connectivity index (χ3v) is 4.67. The van der Waals surface area contributed by atoms with E-state index in [1.54, 1.807) is 4.90 Å². The zero-order valence-corrected chi connectivity index (χ0v) is 13.0. The summed E-state index contributed by atoms with van der Waals surface area (Å²) in [7, 11) is 0. The van der Waals surface area contributed by atoms with Crippen molar-refractivity contribution in [2.45, 2.75) is 45.6 Å². The highest BCUT2D eigenvalue weighted by Crippen LogP contribution is 2.36. The van der Waals surface area contributed by atoms with E-state index in [-0.39, 0.29) is 12.1 Å². The summed E-state index contributed by atoms with van der Waals surface area (Å²) in [5.41, 5.74) is -0.749. The number of nitrogens with zero attached hydrogens (tertiary/aromatic N) is 2. The Labute approximate surface area is 126 Å². The molecule has 0 spiro atoms. The molecule has 0 aromatic heterocycles. The number of urea groups is 1. The van der Waals surface area contributed by atoms with Crippen molar-refractivity contribution in [3.63, 3.8) is 0 Å². The lowest BCUT2D eigenvalue weighted by Gasteiger charge is -2.35. The SMILES string of the molecule is CCCC1(C(=O)O)CCN(C(=O)N2CCOC(CC)C2)C1. The standard InChI is InChI=1S/C15H26N2O4/c1-3-5-15(13(18)19)6-7-17(11-15)14(20)16-8-9-21-12(4-2)10-16/h12H,3-11H2,1-2H3,(H,18,19). The van der Waals surface area contributed by atoms with E-state index in [2.05, 4.69) is 0 Å². The van der Waals surface area contributed by atoms with E-state index in [0.29, 0.717) is 45.6 Å². The lowest BCUT2D eigenvalue weighted by Crippen LogP contribution is -2.51. The molecular weight excluding hydrogens is 272 g/mol. The summed E-state index contributed by atoms with van der Waals surface area (Å²) >= 11 is 0. The highest BCUT2D eigenvalue weighted by Gasteiger charge is 2.46. The second-order valence-electron chi connectivity index (χ2n) is 6.14. The fraction of sp³-hybridized carbons (Fsp3) is 0.867. The van der Waals surface area contributed by atoms with Crippen molar-refractivity contribution in [2.75, 3.05) is 32.8 Å². The van der Waals surface area contributed by atoms with Gasteiger partial charge in [0.05, 0.1) is 18.1 Å². The summed E-state index contributed by atoms with van der Waals surface area (Å²) in [6.07, 6.45) is 3.00. The van der Waals surface area contributed by atoms with Crippen LogP contribution in [0.1, 0.15) is 39.5 Å². The number of carbonyl (C=O) groups excluding carboxylic acids is 1. The third-order valence-electron chi connectivity index (χ3n) is 4.67. The van der Waals surface area contributed by atoms with Gasteiger partial charge >= 0.3 is 12.0 Å². The second-order valence-corrected chi connectivity index (χ2v) is 6.14. The van der Waals surface area contributed by atoms with Crippen LogP contribution in [0.5, 0.6) is 0 Å². The maximum absolute atomic E-state index is 12.6. The minimum absolute atomic E-state index is 0.0315. The number of hydrogen-bond acceptors (Lipinski definition) is 3. The number of likely N-dealkylation sites (tertiary alicyclic amines) is 1. The molecule has 0 saturated carbocycles. The lowest BCUT2D eigenvalue weighted by atomic mass is 9.83. The number of amides is 2. The Morgan fingerprint density at radius 2 is 2.05 bits per heavy atom. The van der Waals surface area contributed by atoms with Crippen LogP contribution in [-0.2, 0) is 9.53 Å². The Hall–Kier alpha value is -1.30. The molecule has 2 rings (SSSR count). The van der Waals surface area contributed by atoms with E-state index in [4.69, 9.17) is 4.74 Å². The lowest BCUT2D eigenvalue weighted by molar-refractivity contribution is -0.148. The van der Waals surface area contributed by atoms with Gasteiger partial charge in [-0.05, 0) is 19.3 Å². The Morgan fingerprint density at radius 3 is 2.67 bits per heavy atom. The van der Waals surface area contributed by atoms with E-state index in [1.165, 1.54) is 0 Å². The van der Waals surface area contributed by atoms with Crippen LogP contribution >= 0.6 is 0 Å². The van der Waals surface area contributed by atoms with E-state index < -0.39 is 11.4 Å². The van der Waals surface area contributed by atoms with Gasteiger partial charge in [0, 0.05) is 26.2 Å². The second kappa shape index (κ2) is 6.64. The molecule has 0 bridgehead atoms. The van der Waals surface area contributed by atoms with Crippen molar-refractivity contribution in [3.05, 3.63) is 0 Å². The molecule has 0 aromatic carbocycles. The van der Waals surface area contributed by atoms with Crippen molar-refractivity contribution in [1.29, 1.82) is 0 Å². The number of morpholine rings is 1. The predicted molar refractivity (Wildman–Crippen MR) is 78.2 cm³/mol. The van der Waals surface area contributed by atoms with Crippen molar-refractivity contribution in [1.82, 2.24) is 9.80 Å². The first-order valence-electron chi connectivity index (χ1n) is 7.91. The fourth-order valence-electron chi connectivity index (χ4n) is 3.34. The molecule has 0 aromatic rings. The maximum Gasteiger partial charge on any atom is 0.320 e. The van der Waals surface area contributed by atoms with Gasteiger partial charge in [-0.3, -0.25) is 4.79 Å². The molecule has 21 heavy (non-hydrogen) atoms. The molecule has 1 N–H and O–H groups in total. The molecule has 6 nitrogen and oxygen atoms in total. The molecule has 2 fully saturated rings. The van der Waals surface area contributed by atoms with Crippen LogP contribution in [0.25, 0.3) is 0 Å². The molecule has 2 aliphatic heterocycles. The smallest absolute Gasteiger partial charge is 0.320 e.